The topological polar surface area (TPSA) is 53.3 Å². The highest BCUT2D eigenvalue weighted by Crippen LogP contribution is 1.72. The van der Waals surface area contributed by atoms with Gasteiger partial charge in [0.05, 0.1) is 0 Å². The van der Waals surface area contributed by atoms with Crippen molar-refractivity contribution < 1.29 is 0 Å². The molecule has 4 N–H and O–H groups in total. The molecule has 0 fully saturated rings. The number of nitrogens with zero attached hydrogens (tertiary/aromatic N) is 1. The van der Waals surface area contributed by atoms with Gasteiger partial charge in [-0.25, -0.2) is 0 Å². The molecule has 0 radical (unpaired) electrons. The van der Waals surface area contributed by atoms with E-state index >= 15 is 0 Å². The quantitative estimate of drug-likeness (QED) is 0.254. The maximum absolute atomic E-state index is 5.23. The van der Waals surface area contributed by atoms with Gasteiger partial charge in [0.1, 0.15) is 0 Å². The van der Waals surface area contributed by atoms with E-state index in [1.807, 2.05) is 19.1 Å². The minimum Gasteiger partial charge on any atom is -0.318 e. The molecule has 0 aliphatic rings. The van der Waals surface area contributed by atoms with Crippen LogP contribution in [0, 0.1) is 0 Å². The van der Waals surface area contributed by atoms with E-state index in [0.29, 0.717) is 6.67 Å². The van der Waals surface area contributed by atoms with Crippen LogP contribution in [0.5, 0.6) is 0 Å². The van der Waals surface area contributed by atoms with Crippen LogP contribution >= 0.6 is 0 Å². The summed E-state index contributed by atoms with van der Waals surface area (Å²) in [6.45, 7) is 2.55. The summed E-state index contributed by atoms with van der Waals surface area (Å²) in [5.41, 5.74) is 8.39. The summed E-state index contributed by atoms with van der Waals surface area (Å²) in [6, 6.07) is 0. The molecular weight excluding hydrogens is 128 g/mol. The molecule has 0 amide bonds. The Morgan fingerprint density at radius 1 is 1.30 bits per heavy atom. The highest BCUT2D eigenvalue weighted by atomic mass is 15.5. The number of nitrogens with one attached hydrogen (secondary N) is 2. The molecule has 0 saturated heterocycles. The first kappa shape index (κ1) is 9.84. The first-order valence-electron chi connectivity index (χ1n) is 3.59. The van der Waals surface area contributed by atoms with Crippen molar-refractivity contribution in [3.8, 4) is 0 Å². The molecule has 0 aliphatic carbocycles. The molecule has 0 bridgehead atoms. The Morgan fingerprint density at radius 3 is 2.50 bits per heavy atom. The third-order valence-corrected chi connectivity index (χ3v) is 1.10. The van der Waals surface area contributed by atoms with E-state index in [2.05, 4.69) is 10.7 Å². The van der Waals surface area contributed by atoms with Gasteiger partial charge >= 0.3 is 0 Å². The summed E-state index contributed by atoms with van der Waals surface area (Å²) in [7, 11) is 3.97. The molecule has 62 valence electrons. The molecule has 0 aromatic carbocycles. The number of hydrogen-bond donors (Lipinski definition) is 3. The zero-order valence-electron chi connectivity index (χ0n) is 6.85. The Bertz CT molecular complexity index is 64.8. The van der Waals surface area contributed by atoms with Crippen molar-refractivity contribution in [2.24, 2.45) is 5.73 Å². The minimum absolute atomic E-state index is 0.571. The lowest BCUT2D eigenvalue weighted by Crippen LogP contribution is -2.33. The van der Waals surface area contributed by atoms with E-state index in [1.54, 1.807) is 0 Å². The number of hydrazine groups is 1. The second-order valence-corrected chi connectivity index (χ2v) is 2.36. The van der Waals surface area contributed by atoms with Gasteiger partial charge in [-0.05, 0) is 13.0 Å². The van der Waals surface area contributed by atoms with Crippen molar-refractivity contribution in [2.45, 2.75) is 6.42 Å². The average molecular weight is 146 g/mol. The zero-order chi connectivity index (χ0) is 7.82. The van der Waals surface area contributed by atoms with E-state index < -0.39 is 0 Å². The number of hydrogen-bond acceptors (Lipinski definition) is 4. The van der Waals surface area contributed by atoms with Gasteiger partial charge in [0, 0.05) is 27.3 Å². The van der Waals surface area contributed by atoms with Crippen LogP contribution in [0.2, 0.25) is 0 Å². The normalized spacial score (nSPS) is 10.8. The summed E-state index contributed by atoms with van der Waals surface area (Å²) in [4.78, 5) is 0. The zero-order valence-corrected chi connectivity index (χ0v) is 6.85. The van der Waals surface area contributed by atoms with E-state index in [1.165, 1.54) is 0 Å². The van der Waals surface area contributed by atoms with Crippen LogP contribution in [0.1, 0.15) is 6.42 Å². The maximum atomic E-state index is 5.23. The molecule has 0 aromatic heterocycles. The van der Waals surface area contributed by atoms with Gasteiger partial charge in [-0.2, -0.15) is 0 Å². The molecule has 0 aliphatic heterocycles. The fourth-order valence-corrected chi connectivity index (χ4v) is 0.618. The van der Waals surface area contributed by atoms with E-state index in [9.17, 15) is 0 Å². The van der Waals surface area contributed by atoms with Gasteiger partial charge in [0.25, 0.3) is 0 Å². The predicted octanol–water partition coefficient (Wildman–Crippen LogP) is -1.05. The fourth-order valence-electron chi connectivity index (χ4n) is 0.618. The van der Waals surface area contributed by atoms with Crippen molar-refractivity contribution in [2.75, 3.05) is 33.9 Å². The number of nitrogens with two attached hydrogens (primary N) is 1. The Kier molecular flexibility index (Phi) is 6.84. The lowest BCUT2D eigenvalue weighted by molar-refractivity contribution is 0.287. The van der Waals surface area contributed by atoms with E-state index in [-0.39, 0.29) is 0 Å². The predicted molar refractivity (Wildman–Crippen MR) is 43.4 cm³/mol. The molecule has 4 nitrogen and oxygen atoms in total. The van der Waals surface area contributed by atoms with Crippen LogP contribution in [0.3, 0.4) is 0 Å². The van der Waals surface area contributed by atoms with Crippen molar-refractivity contribution in [3.05, 3.63) is 0 Å². The van der Waals surface area contributed by atoms with Gasteiger partial charge in [-0.15, -0.1) is 0 Å². The molecule has 4 heteroatoms. The summed E-state index contributed by atoms with van der Waals surface area (Å²) in [5.74, 6) is 0. The van der Waals surface area contributed by atoms with Crippen molar-refractivity contribution in [3.63, 3.8) is 0 Å². The Balaban J connectivity index is 2.77. The molecule has 0 rings (SSSR count). The van der Waals surface area contributed by atoms with Gasteiger partial charge in [-0.3, -0.25) is 10.4 Å². The van der Waals surface area contributed by atoms with Crippen LogP contribution < -0.4 is 16.5 Å². The monoisotopic (exact) mass is 146 g/mol. The molecule has 0 aromatic rings. The van der Waals surface area contributed by atoms with E-state index in [0.717, 1.165) is 19.5 Å². The summed E-state index contributed by atoms with van der Waals surface area (Å²) in [5, 5.41) is 4.99. The van der Waals surface area contributed by atoms with Gasteiger partial charge in [-0.1, -0.05) is 0 Å². The third kappa shape index (κ3) is 7.84. The molecular formula is C6H18N4. The smallest absolute Gasteiger partial charge is 0.0428 e. The first-order valence-corrected chi connectivity index (χ1v) is 3.59. The molecule has 0 unspecified atom stereocenters. The first-order chi connectivity index (χ1) is 4.77. The standard InChI is InChI=1S/C6H18N4/c1-10(2)9-5-3-4-8-6-7/h8-9H,3-7H2,1-2H3. The summed E-state index contributed by atoms with van der Waals surface area (Å²) < 4.78 is 0. The Morgan fingerprint density at radius 2 is 2.00 bits per heavy atom. The highest BCUT2D eigenvalue weighted by molar-refractivity contribution is 4.45. The van der Waals surface area contributed by atoms with Crippen LogP contribution in [-0.2, 0) is 0 Å². The van der Waals surface area contributed by atoms with Gasteiger partial charge < -0.3 is 11.1 Å². The van der Waals surface area contributed by atoms with Crippen LogP contribution in [0.15, 0.2) is 0 Å². The fraction of sp³-hybridized carbons (Fsp3) is 1.00. The van der Waals surface area contributed by atoms with Gasteiger partial charge in [0.15, 0.2) is 0 Å². The minimum atomic E-state index is 0.571. The Hall–Kier alpha value is -0.160. The van der Waals surface area contributed by atoms with Crippen molar-refractivity contribution >= 4 is 0 Å². The average Bonchev–Trinajstić information content (AvgIpc) is 1.87. The Labute approximate surface area is 62.7 Å². The SMILES string of the molecule is CN(C)NCCCNCN. The maximum Gasteiger partial charge on any atom is 0.0428 e. The second kappa shape index (κ2) is 6.95. The lowest BCUT2D eigenvalue weighted by atomic mass is 10.4. The molecule has 0 atom stereocenters. The number of rotatable bonds is 6. The van der Waals surface area contributed by atoms with Crippen LogP contribution in [0.4, 0.5) is 0 Å². The highest BCUT2D eigenvalue weighted by Gasteiger charge is 1.86. The largest absolute Gasteiger partial charge is 0.318 e. The molecule has 0 heterocycles. The molecule has 10 heavy (non-hydrogen) atoms. The summed E-state index contributed by atoms with van der Waals surface area (Å²) >= 11 is 0. The van der Waals surface area contributed by atoms with Crippen LogP contribution in [-0.4, -0.2) is 38.9 Å². The molecule has 0 saturated carbocycles. The van der Waals surface area contributed by atoms with Crippen LogP contribution in [0.25, 0.3) is 0 Å². The third-order valence-electron chi connectivity index (χ3n) is 1.10. The van der Waals surface area contributed by atoms with E-state index in [4.69, 9.17) is 5.73 Å². The van der Waals surface area contributed by atoms with Crippen molar-refractivity contribution in [1.29, 1.82) is 0 Å². The summed E-state index contributed by atoms with van der Waals surface area (Å²) in [6.07, 6.45) is 1.11. The second-order valence-electron chi connectivity index (χ2n) is 2.36. The lowest BCUT2D eigenvalue weighted by Gasteiger charge is -2.11. The van der Waals surface area contributed by atoms with Crippen molar-refractivity contribution in [1.82, 2.24) is 15.8 Å². The van der Waals surface area contributed by atoms with Gasteiger partial charge in [0.2, 0.25) is 0 Å². The molecule has 0 spiro atoms.